The number of hydrogen-bond acceptors (Lipinski definition) is 4. The van der Waals surface area contributed by atoms with Crippen molar-refractivity contribution in [2.45, 2.75) is 38.0 Å². The Morgan fingerprint density at radius 2 is 2.42 bits per heavy atom. The van der Waals surface area contributed by atoms with Gasteiger partial charge in [-0.25, -0.2) is 0 Å². The van der Waals surface area contributed by atoms with Crippen molar-refractivity contribution in [1.82, 2.24) is 15.1 Å². The van der Waals surface area contributed by atoms with E-state index < -0.39 is 6.10 Å². The summed E-state index contributed by atoms with van der Waals surface area (Å²) in [6, 6.07) is 1.85. The summed E-state index contributed by atoms with van der Waals surface area (Å²) in [5.41, 5.74) is 0. The zero-order valence-corrected chi connectivity index (χ0v) is 11.2. The fourth-order valence-corrected chi connectivity index (χ4v) is 2.48. The first-order chi connectivity index (χ1) is 9.20. The average molecular weight is 267 g/mol. The summed E-state index contributed by atoms with van der Waals surface area (Å²) in [4.78, 5) is 12.0. The zero-order chi connectivity index (χ0) is 13.7. The zero-order valence-electron chi connectivity index (χ0n) is 11.2. The van der Waals surface area contributed by atoms with Gasteiger partial charge in [0.15, 0.2) is 0 Å². The molecule has 3 atom stereocenters. The average Bonchev–Trinajstić information content (AvgIpc) is 2.92. The fourth-order valence-electron chi connectivity index (χ4n) is 2.48. The van der Waals surface area contributed by atoms with Gasteiger partial charge in [-0.1, -0.05) is 0 Å². The van der Waals surface area contributed by atoms with Crippen molar-refractivity contribution >= 4 is 5.91 Å². The van der Waals surface area contributed by atoms with E-state index in [1.54, 1.807) is 18.0 Å². The Kier molecular flexibility index (Phi) is 4.93. The summed E-state index contributed by atoms with van der Waals surface area (Å²) < 4.78 is 6.98. The number of aliphatic hydroxyl groups excluding tert-OH is 1. The molecule has 0 unspecified atom stereocenters. The van der Waals surface area contributed by atoms with Gasteiger partial charge in [-0.05, 0) is 25.3 Å². The van der Waals surface area contributed by atoms with E-state index in [4.69, 9.17) is 4.74 Å². The SMILES string of the molecule is CO[C@@H]1C[C@H](C(=O)NCCn2cccn2)CC[C@@H]1O. The predicted molar refractivity (Wildman–Crippen MR) is 69.4 cm³/mol. The summed E-state index contributed by atoms with van der Waals surface area (Å²) in [6.45, 7) is 1.24. The Bertz CT molecular complexity index is 394. The molecule has 106 valence electrons. The summed E-state index contributed by atoms with van der Waals surface area (Å²) in [6.07, 6.45) is 4.83. The van der Waals surface area contributed by atoms with E-state index in [1.165, 1.54) is 0 Å². The van der Waals surface area contributed by atoms with Gasteiger partial charge < -0.3 is 15.2 Å². The van der Waals surface area contributed by atoms with E-state index in [-0.39, 0.29) is 17.9 Å². The number of methoxy groups -OCH3 is 1. The van der Waals surface area contributed by atoms with Crippen LogP contribution in [0.15, 0.2) is 18.5 Å². The number of rotatable bonds is 5. The topological polar surface area (TPSA) is 76.4 Å². The highest BCUT2D eigenvalue weighted by molar-refractivity contribution is 5.78. The van der Waals surface area contributed by atoms with Crippen molar-refractivity contribution in [3.8, 4) is 0 Å². The van der Waals surface area contributed by atoms with Crippen molar-refractivity contribution in [2.75, 3.05) is 13.7 Å². The second kappa shape index (κ2) is 6.68. The van der Waals surface area contributed by atoms with Gasteiger partial charge >= 0.3 is 0 Å². The number of aliphatic hydroxyl groups is 1. The van der Waals surface area contributed by atoms with Crippen LogP contribution in [0.3, 0.4) is 0 Å². The Balaban J connectivity index is 1.73. The molecule has 0 saturated heterocycles. The van der Waals surface area contributed by atoms with Gasteiger partial charge in [0.05, 0.1) is 18.8 Å². The number of amides is 1. The smallest absolute Gasteiger partial charge is 0.223 e. The summed E-state index contributed by atoms with van der Waals surface area (Å²) >= 11 is 0. The van der Waals surface area contributed by atoms with Crippen LogP contribution in [0.4, 0.5) is 0 Å². The molecule has 0 bridgehead atoms. The highest BCUT2D eigenvalue weighted by atomic mass is 16.5. The molecule has 2 rings (SSSR count). The van der Waals surface area contributed by atoms with E-state index in [0.29, 0.717) is 32.4 Å². The number of aromatic nitrogens is 2. The summed E-state index contributed by atoms with van der Waals surface area (Å²) in [5, 5.41) is 16.7. The normalized spacial score (nSPS) is 27.2. The second-order valence-corrected chi connectivity index (χ2v) is 4.91. The largest absolute Gasteiger partial charge is 0.390 e. The molecule has 1 amide bonds. The maximum absolute atomic E-state index is 12.0. The quantitative estimate of drug-likeness (QED) is 0.797. The predicted octanol–water partition coefficient (Wildman–Crippen LogP) is 0.175. The molecule has 0 aliphatic heterocycles. The third-order valence-electron chi connectivity index (χ3n) is 3.63. The van der Waals surface area contributed by atoms with Crippen molar-refractivity contribution in [3.63, 3.8) is 0 Å². The minimum atomic E-state index is -0.446. The molecule has 0 aromatic carbocycles. The van der Waals surface area contributed by atoms with Gasteiger partial charge in [-0.3, -0.25) is 9.48 Å². The van der Waals surface area contributed by atoms with Gasteiger partial charge in [-0.15, -0.1) is 0 Å². The van der Waals surface area contributed by atoms with Crippen LogP contribution in [0.1, 0.15) is 19.3 Å². The van der Waals surface area contributed by atoms with Crippen LogP contribution in [0.5, 0.6) is 0 Å². The van der Waals surface area contributed by atoms with Gasteiger partial charge in [-0.2, -0.15) is 5.10 Å². The van der Waals surface area contributed by atoms with Gasteiger partial charge in [0.2, 0.25) is 5.91 Å². The van der Waals surface area contributed by atoms with E-state index in [0.717, 1.165) is 0 Å². The molecule has 1 saturated carbocycles. The number of carbonyl (C=O) groups excluding carboxylic acids is 1. The molecule has 2 N–H and O–H groups in total. The lowest BCUT2D eigenvalue weighted by Gasteiger charge is -2.31. The highest BCUT2D eigenvalue weighted by Crippen LogP contribution is 2.26. The van der Waals surface area contributed by atoms with Crippen LogP contribution < -0.4 is 5.32 Å². The standard InChI is InChI=1S/C13H21N3O3/c1-19-12-9-10(3-4-11(12)17)13(18)14-6-8-16-7-2-5-15-16/h2,5,7,10-12,17H,3-4,6,8-9H2,1H3,(H,14,18)/t10-,11+,12-/m1/s1. The molecule has 1 heterocycles. The molecule has 1 aliphatic rings. The third-order valence-corrected chi connectivity index (χ3v) is 3.63. The van der Waals surface area contributed by atoms with Crippen LogP contribution >= 0.6 is 0 Å². The maximum atomic E-state index is 12.0. The molecule has 6 heteroatoms. The Hall–Kier alpha value is -1.40. The minimum absolute atomic E-state index is 0.0427. The molecule has 1 aliphatic carbocycles. The number of nitrogens with one attached hydrogen (secondary N) is 1. The summed E-state index contributed by atoms with van der Waals surface area (Å²) in [5.74, 6) is -0.0212. The lowest BCUT2D eigenvalue weighted by atomic mass is 9.84. The van der Waals surface area contributed by atoms with Crippen LogP contribution in [0.2, 0.25) is 0 Å². The third kappa shape index (κ3) is 3.78. The van der Waals surface area contributed by atoms with Crippen LogP contribution in [-0.4, -0.2) is 46.7 Å². The minimum Gasteiger partial charge on any atom is -0.390 e. The van der Waals surface area contributed by atoms with Gasteiger partial charge in [0.25, 0.3) is 0 Å². The number of carbonyl (C=O) groups is 1. The first-order valence-corrected chi connectivity index (χ1v) is 6.66. The Morgan fingerprint density at radius 1 is 1.58 bits per heavy atom. The first kappa shape index (κ1) is 14.0. The van der Waals surface area contributed by atoms with Crippen LogP contribution in [0.25, 0.3) is 0 Å². The lowest BCUT2D eigenvalue weighted by Crippen LogP contribution is -2.42. The molecule has 0 radical (unpaired) electrons. The number of nitrogens with zero attached hydrogens (tertiary/aromatic N) is 2. The Labute approximate surface area is 112 Å². The Morgan fingerprint density at radius 3 is 3.11 bits per heavy atom. The van der Waals surface area contributed by atoms with E-state index in [2.05, 4.69) is 10.4 Å². The monoisotopic (exact) mass is 267 g/mol. The molecule has 0 spiro atoms. The van der Waals surface area contributed by atoms with Crippen LogP contribution in [0, 0.1) is 5.92 Å². The van der Waals surface area contributed by atoms with Gasteiger partial charge in [0.1, 0.15) is 0 Å². The van der Waals surface area contributed by atoms with Crippen LogP contribution in [-0.2, 0) is 16.1 Å². The first-order valence-electron chi connectivity index (χ1n) is 6.66. The molecule has 6 nitrogen and oxygen atoms in total. The van der Waals surface area contributed by atoms with Crippen molar-refractivity contribution in [2.24, 2.45) is 5.92 Å². The highest BCUT2D eigenvalue weighted by Gasteiger charge is 2.32. The molecule has 19 heavy (non-hydrogen) atoms. The maximum Gasteiger partial charge on any atom is 0.223 e. The molecular formula is C13H21N3O3. The molecular weight excluding hydrogens is 246 g/mol. The van der Waals surface area contributed by atoms with Crippen molar-refractivity contribution in [3.05, 3.63) is 18.5 Å². The summed E-state index contributed by atoms with van der Waals surface area (Å²) in [7, 11) is 1.58. The lowest BCUT2D eigenvalue weighted by molar-refractivity contribution is -0.130. The number of ether oxygens (including phenoxy) is 1. The van der Waals surface area contributed by atoms with Gasteiger partial charge in [0, 0.05) is 32.0 Å². The van der Waals surface area contributed by atoms with E-state index in [1.807, 2.05) is 12.3 Å². The molecule has 1 fully saturated rings. The fraction of sp³-hybridized carbons (Fsp3) is 0.692. The van der Waals surface area contributed by atoms with Crippen molar-refractivity contribution in [1.29, 1.82) is 0 Å². The van der Waals surface area contributed by atoms with E-state index >= 15 is 0 Å². The van der Waals surface area contributed by atoms with Crippen molar-refractivity contribution < 1.29 is 14.6 Å². The number of hydrogen-bond donors (Lipinski definition) is 2. The second-order valence-electron chi connectivity index (χ2n) is 4.91. The van der Waals surface area contributed by atoms with E-state index in [9.17, 15) is 9.90 Å². The molecule has 1 aromatic heterocycles. The molecule has 1 aromatic rings.